The maximum Gasteiger partial charge on any atom is 0.310 e. The second kappa shape index (κ2) is 6.56. The number of methoxy groups -OCH3 is 2. The SMILES string of the molecule is COc1cc([C@@H]2c3cc4c(cc3[C@H](O)C3COC(=O)[C@@H]32)OCO4)cc(C)c1OC. The number of hydrogen-bond donors (Lipinski definition) is 1. The van der Waals surface area contributed by atoms with Crippen LogP contribution in [0.4, 0.5) is 0 Å². The standard InChI is InChI=1S/C22H22O7/c1-10-4-11(5-17(25-2)21(10)26-3)18-12-6-15-16(29-9-28-15)7-13(12)20(23)14-8-27-22(24)19(14)18/h4-7,14,18-20,23H,8-9H2,1-3H3/t14?,18-,19+,20+/m1/s1. The van der Waals surface area contributed by atoms with Gasteiger partial charge in [-0.3, -0.25) is 4.79 Å². The molecule has 5 rings (SSSR count). The minimum atomic E-state index is -0.812. The molecule has 1 N–H and O–H groups in total. The predicted octanol–water partition coefficient (Wildman–Crippen LogP) is 2.71. The van der Waals surface area contributed by atoms with Crippen molar-refractivity contribution in [2.45, 2.75) is 18.9 Å². The number of cyclic esters (lactones) is 1. The van der Waals surface area contributed by atoms with Crippen molar-refractivity contribution in [3.63, 3.8) is 0 Å². The van der Waals surface area contributed by atoms with Gasteiger partial charge in [-0.05, 0) is 47.4 Å². The van der Waals surface area contributed by atoms with Crippen LogP contribution in [0.5, 0.6) is 23.0 Å². The number of carbonyl (C=O) groups is 1. The zero-order valence-corrected chi connectivity index (χ0v) is 16.4. The van der Waals surface area contributed by atoms with Crippen molar-refractivity contribution >= 4 is 5.97 Å². The summed E-state index contributed by atoms with van der Waals surface area (Å²) < 4.78 is 27.4. The molecule has 0 radical (unpaired) electrons. The number of carbonyl (C=O) groups excluding carboxylic acids is 1. The molecule has 2 aromatic rings. The van der Waals surface area contributed by atoms with Crippen LogP contribution in [0, 0.1) is 18.8 Å². The number of aliphatic hydroxyl groups excluding tert-OH is 1. The van der Waals surface area contributed by atoms with E-state index in [1.165, 1.54) is 0 Å². The highest BCUT2D eigenvalue weighted by atomic mass is 16.7. The lowest BCUT2D eigenvalue weighted by atomic mass is 9.66. The van der Waals surface area contributed by atoms with Crippen LogP contribution in [-0.4, -0.2) is 38.7 Å². The molecule has 152 valence electrons. The molecule has 7 nitrogen and oxygen atoms in total. The quantitative estimate of drug-likeness (QED) is 0.796. The molecule has 1 unspecified atom stereocenters. The van der Waals surface area contributed by atoms with Crippen LogP contribution in [-0.2, 0) is 9.53 Å². The molecule has 0 aromatic heterocycles. The molecule has 2 heterocycles. The van der Waals surface area contributed by atoms with E-state index in [0.717, 1.165) is 22.3 Å². The Bertz CT molecular complexity index is 999. The summed E-state index contributed by atoms with van der Waals surface area (Å²) in [6.07, 6.45) is -0.812. The lowest BCUT2D eigenvalue weighted by molar-refractivity contribution is -0.141. The van der Waals surface area contributed by atoms with Crippen molar-refractivity contribution in [3.05, 3.63) is 46.5 Å². The lowest BCUT2D eigenvalue weighted by Gasteiger charge is -2.37. The zero-order chi connectivity index (χ0) is 20.3. The summed E-state index contributed by atoms with van der Waals surface area (Å²) in [5.41, 5.74) is 3.39. The second-order valence-electron chi connectivity index (χ2n) is 7.65. The summed E-state index contributed by atoms with van der Waals surface area (Å²) in [4.78, 5) is 12.7. The zero-order valence-electron chi connectivity index (χ0n) is 16.4. The summed E-state index contributed by atoms with van der Waals surface area (Å²) in [6.45, 7) is 2.28. The fraction of sp³-hybridized carbons (Fsp3) is 0.409. The molecule has 2 aliphatic heterocycles. The maximum atomic E-state index is 12.7. The van der Waals surface area contributed by atoms with Gasteiger partial charge in [-0.15, -0.1) is 0 Å². The normalized spacial score (nSPS) is 26.6. The van der Waals surface area contributed by atoms with Gasteiger partial charge in [0.1, 0.15) is 0 Å². The minimum Gasteiger partial charge on any atom is -0.493 e. The number of rotatable bonds is 3. The van der Waals surface area contributed by atoms with Crippen molar-refractivity contribution in [2.75, 3.05) is 27.6 Å². The summed E-state index contributed by atoms with van der Waals surface area (Å²) in [7, 11) is 3.19. The Morgan fingerprint density at radius 3 is 2.41 bits per heavy atom. The van der Waals surface area contributed by atoms with Crippen molar-refractivity contribution in [1.82, 2.24) is 0 Å². The third-order valence-electron chi connectivity index (χ3n) is 6.19. The minimum absolute atomic E-state index is 0.142. The van der Waals surface area contributed by atoms with Crippen LogP contribution in [0.3, 0.4) is 0 Å². The fourth-order valence-corrected chi connectivity index (χ4v) is 4.89. The monoisotopic (exact) mass is 398 g/mol. The maximum absolute atomic E-state index is 12.7. The van der Waals surface area contributed by atoms with E-state index < -0.39 is 12.0 Å². The van der Waals surface area contributed by atoms with Crippen LogP contribution in [0.2, 0.25) is 0 Å². The Balaban J connectivity index is 1.74. The summed E-state index contributed by atoms with van der Waals surface area (Å²) >= 11 is 0. The first-order chi connectivity index (χ1) is 14.0. The van der Waals surface area contributed by atoms with Gasteiger partial charge in [0, 0.05) is 11.8 Å². The van der Waals surface area contributed by atoms with Gasteiger partial charge in [0.15, 0.2) is 23.0 Å². The largest absolute Gasteiger partial charge is 0.493 e. The smallest absolute Gasteiger partial charge is 0.310 e. The first-order valence-electron chi connectivity index (χ1n) is 9.54. The lowest BCUT2D eigenvalue weighted by Crippen LogP contribution is -2.34. The van der Waals surface area contributed by atoms with Crippen molar-refractivity contribution in [2.24, 2.45) is 11.8 Å². The summed E-state index contributed by atoms with van der Waals surface area (Å²) in [5, 5.41) is 11.0. The van der Waals surface area contributed by atoms with Crippen LogP contribution >= 0.6 is 0 Å². The third kappa shape index (κ3) is 2.57. The number of hydrogen-bond acceptors (Lipinski definition) is 7. The van der Waals surface area contributed by atoms with Crippen molar-refractivity contribution < 1.29 is 33.6 Å². The Kier molecular flexibility index (Phi) is 4.10. The molecule has 1 saturated heterocycles. The first kappa shape index (κ1) is 18.1. The van der Waals surface area contributed by atoms with E-state index in [1.807, 2.05) is 31.2 Å². The Morgan fingerprint density at radius 1 is 1.00 bits per heavy atom. The van der Waals surface area contributed by atoms with Gasteiger partial charge < -0.3 is 28.8 Å². The number of aliphatic hydroxyl groups is 1. The number of esters is 1. The van der Waals surface area contributed by atoms with Crippen LogP contribution in [0.25, 0.3) is 0 Å². The van der Waals surface area contributed by atoms with Gasteiger partial charge in [0.2, 0.25) is 6.79 Å². The van der Waals surface area contributed by atoms with Crippen molar-refractivity contribution in [3.8, 4) is 23.0 Å². The molecule has 4 atom stereocenters. The summed E-state index contributed by atoms with van der Waals surface area (Å²) in [6, 6.07) is 7.59. The van der Waals surface area contributed by atoms with E-state index in [4.69, 9.17) is 23.7 Å². The molecule has 3 aliphatic rings. The van der Waals surface area contributed by atoms with Crippen LogP contribution in [0.15, 0.2) is 24.3 Å². The van der Waals surface area contributed by atoms with Crippen LogP contribution < -0.4 is 18.9 Å². The highest BCUT2D eigenvalue weighted by Crippen LogP contribution is 2.54. The molecule has 0 amide bonds. The number of ether oxygens (including phenoxy) is 5. The molecule has 29 heavy (non-hydrogen) atoms. The Morgan fingerprint density at radius 2 is 1.72 bits per heavy atom. The first-order valence-corrected chi connectivity index (χ1v) is 9.54. The Labute approximate surface area is 168 Å². The molecular formula is C22H22O7. The average molecular weight is 398 g/mol. The van der Waals surface area contributed by atoms with E-state index >= 15 is 0 Å². The topological polar surface area (TPSA) is 83.5 Å². The number of fused-ring (bicyclic) bond motifs is 3. The van der Waals surface area contributed by atoms with Gasteiger partial charge in [-0.25, -0.2) is 0 Å². The summed E-state index contributed by atoms with van der Waals surface area (Å²) in [5.74, 6) is 1.06. The fourth-order valence-electron chi connectivity index (χ4n) is 4.89. The molecule has 7 heteroatoms. The highest BCUT2D eigenvalue weighted by Gasteiger charge is 2.52. The van der Waals surface area contributed by atoms with Crippen LogP contribution in [0.1, 0.15) is 34.3 Å². The van der Waals surface area contributed by atoms with E-state index in [0.29, 0.717) is 23.0 Å². The van der Waals surface area contributed by atoms with E-state index in [-0.39, 0.29) is 31.2 Å². The number of benzene rings is 2. The van der Waals surface area contributed by atoms with Gasteiger partial charge in [0.25, 0.3) is 0 Å². The molecule has 1 aliphatic carbocycles. The molecule has 0 bridgehead atoms. The molecule has 1 fully saturated rings. The predicted molar refractivity (Wildman–Crippen MR) is 102 cm³/mol. The van der Waals surface area contributed by atoms with Gasteiger partial charge in [0.05, 0.1) is 32.8 Å². The highest BCUT2D eigenvalue weighted by molar-refractivity contribution is 5.78. The average Bonchev–Trinajstić information content (AvgIpc) is 3.33. The Hall–Kier alpha value is -2.93. The van der Waals surface area contributed by atoms with E-state index in [1.54, 1.807) is 14.2 Å². The van der Waals surface area contributed by atoms with E-state index in [2.05, 4.69) is 0 Å². The third-order valence-corrected chi connectivity index (χ3v) is 6.19. The number of aryl methyl sites for hydroxylation is 1. The molecular weight excluding hydrogens is 376 g/mol. The van der Waals surface area contributed by atoms with E-state index in [9.17, 15) is 9.90 Å². The second-order valence-corrected chi connectivity index (χ2v) is 7.65. The molecule has 0 spiro atoms. The molecule has 0 saturated carbocycles. The van der Waals surface area contributed by atoms with Gasteiger partial charge >= 0.3 is 5.97 Å². The van der Waals surface area contributed by atoms with Gasteiger partial charge in [-0.2, -0.15) is 0 Å². The van der Waals surface area contributed by atoms with Crippen molar-refractivity contribution in [1.29, 1.82) is 0 Å². The molecule has 2 aromatic carbocycles. The van der Waals surface area contributed by atoms with Gasteiger partial charge in [-0.1, -0.05) is 6.07 Å².